The summed E-state index contributed by atoms with van der Waals surface area (Å²) >= 11 is 1.65. The molecule has 0 atom stereocenters. The molecule has 0 saturated heterocycles. The molecule has 1 rings (SSSR count). The maximum Gasteiger partial charge on any atom is 0.0499 e. The predicted molar refractivity (Wildman–Crippen MR) is 61.7 cm³/mol. The first-order valence-corrected chi connectivity index (χ1v) is 5.19. The molecule has 70 valence electrons. The largest absolute Gasteiger partial charge is 0.398 e. The lowest BCUT2D eigenvalue weighted by atomic mass is 10.1. The van der Waals surface area contributed by atoms with Gasteiger partial charge in [0.2, 0.25) is 0 Å². The van der Waals surface area contributed by atoms with Crippen LogP contribution < -0.4 is 5.73 Å². The van der Waals surface area contributed by atoms with E-state index in [4.69, 9.17) is 5.73 Å². The first-order chi connectivity index (χ1) is 6.11. The van der Waals surface area contributed by atoms with Crippen molar-refractivity contribution in [3.8, 4) is 0 Å². The van der Waals surface area contributed by atoms with Gasteiger partial charge >= 0.3 is 0 Å². The molecule has 1 aromatic rings. The van der Waals surface area contributed by atoms with E-state index in [-0.39, 0.29) is 0 Å². The van der Waals surface area contributed by atoms with E-state index in [0.717, 1.165) is 16.1 Å². The van der Waals surface area contributed by atoms with Crippen LogP contribution >= 0.6 is 11.3 Å². The first-order valence-electron chi connectivity index (χ1n) is 4.31. The van der Waals surface area contributed by atoms with Crippen molar-refractivity contribution in [3.05, 3.63) is 34.6 Å². The monoisotopic (exact) mass is 193 g/mol. The van der Waals surface area contributed by atoms with Crippen LogP contribution in [0.3, 0.4) is 0 Å². The summed E-state index contributed by atoms with van der Waals surface area (Å²) in [5.74, 6) is 0.498. The van der Waals surface area contributed by atoms with Crippen molar-refractivity contribution in [2.24, 2.45) is 5.92 Å². The van der Waals surface area contributed by atoms with Crippen LogP contribution in [0.5, 0.6) is 0 Å². The maximum atomic E-state index is 5.73. The zero-order chi connectivity index (χ0) is 9.84. The van der Waals surface area contributed by atoms with Crippen LogP contribution in [0, 0.1) is 5.92 Å². The highest BCUT2D eigenvalue weighted by Crippen LogP contribution is 2.21. The highest BCUT2D eigenvalue weighted by Gasteiger charge is 1.97. The Labute approximate surface area is 83.6 Å². The normalized spacial score (nSPS) is 11.3. The Kier molecular flexibility index (Phi) is 3.32. The molecule has 1 nitrogen and oxygen atoms in total. The van der Waals surface area contributed by atoms with Gasteiger partial charge in [-0.25, -0.2) is 0 Å². The average molecular weight is 193 g/mol. The molecule has 0 spiro atoms. The Morgan fingerprint density at radius 2 is 2.31 bits per heavy atom. The molecule has 0 aliphatic rings. The summed E-state index contributed by atoms with van der Waals surface area (Å²) in [7, 11) is 0. The lowest BCUT2D eigenvalue weighted by Crippen LogP contribution is -1.87. The molecule has 0 aliphatic carbocycles. The molecule has 0 radical (unpaired) electrons. The summed E-state index contributed by atoms with van der Waals surface area (Å²) in [6, 6.07) is 1.92. The zero-order valence-electron chi connectivity index (χ0n) is 8.08. The highest BCUT2D eigenvalue weighted by atomic mass is 32.1. The second-order valence-electron chi connectivity index (χ2n) is 3.30. The molecule has 0 amide bonds. The van der Waals surface area contributed by atoms with Gasteiger partial charge in [-0.2, -0.15) is 0 Å². The number of thiophene rings is 1. The first kappa shape index (κ1) is 10.1. The minimum absolute atomic E-state index is 0.498. The van der Waals surface area contributed by atoms with Gasteiger partial charge in [-0.05, 0) is 23.4 Å². The Hall–Kier alpha value is -1.02. The van der Waals surface area contributed by atoms with Crippen molar-refractivity contribution in [2.45, 2.75) is 13.8 Å². The lowest BCUT2D eigenvalue weighted by molar-refractivity contribution is 0.796. The molecular formula is C11H15NS. The molecule has 0 aliphatic heterocycles. The molecule has 0 unspecified atom stereocenters. The van der Waals surface area contributed by atoms with Crippen LogP contribution in [0.1, 0.15) is 18.7 Å². The van der Waals surface area contributed by atoms with E-state index in [1.165, 1.54) is 0 Å². The quantitative estimate of drug-likeness (QED) is 0.730. The molecule has 13 heavy (non-hydrogen) atoms. The average Bonchev–Trinajstić information content (AvgIpc) is 2.47. The second kappa shape index (κ2) is 4.28. The van der Waals surface area contributed by atoms with E-state index >= 15 is 0 Å². The number of allylic oxidation sites excluding steroid dienone is 2. The van der Waals surface area contributed by atoms with Crippen LogP contribution in [0.15, 0.2) is 29.7 Å². The van der Waals surface area contributed by atoms with E-state index in [1.54, 1.807) is 11.3 Å². The van der Waals surface area contributed by atoms with Crippen LogP contribution in [-0.4, -0.2) is 0 Å². The fourth-order valence-corrected chi connectivity index (χ4v) is 1.55. The summed E-state index contributed by atoms with van der Waals surface area (Å²) in [5.41, 5.74) is 7.71. The smallest absolute Gasteiger partial charge is 0.0499 e. The van der Waals surface area contributed by atoms with Crippen molar-refractivity contribution < 1.29 is 0 Å². The number of nitrogens with two attached hydrogens (primary N) is 1. The summed E-state index contributed by atoms with van der Waals surface area (Å²) in [6.45, 7) is 8.22. The number of hydrogen-bond donors (Lipinski definition) is 1. The zero-order valence-corrected chi connectivity index (χ0v) is 8.90. The minimum atomic E-state index is 0.498. The molecule has 2 heteroatoms. The summed E-state index contributed by atoms with van der Waals surface area (Å²) in [6.07, 6.45) is 4.06. The molecule has 0 fully saturated rings. The molecule has 1 aromatic heterocycles. The summed E-state index contributed by atoms with van der Waals surface area (Å²) in [5, 5.41) is 1.99. The Morgan fingerprint density at radius 3 is 2.77 bits per heavy atom. The van der Waals surface area contributed by atoms with Gasteiger partial charge in [-0.15, -0.1) is 11.3 Å². The number of nitrogen functional groups attached to an aromatic ring is 1. The standard InChI is InChI=1S/C11H15NS/c1-8(2)9(3)4-5-11-10(12)6-7-13-11/h4-8H,3,12H2,1-2H3/b5-4-. The molecule has 1 heterocycles. The fraction of sp³-hybridized carbons (Fsp3) is 0.273. The van der Waals surface area contributed by atoms with Gasteiger partial charge in [0.1, 0.15) is 0 Å². The number of rotatable bonds is 3. The van der Waals surface area contributed by atoms with Gasteiger partial charge in [0, 0.05) is 10.6 Å². The topological polar surface area (TPSA) is 26.0 Å². The fourth-order valence-electron chi connectivity index (χ4n) is 0.841. The molecule has 2 N–H and O–H groups in total. The lowest BCUT2D eigenvalue weighted by Gasteiger charge is -2.01. The van der Waals surface area contributed by atoms with Crippen molar-refractivity contribution in [3.63, 3.8) is 0 Å². The van der Waals surface area contributed by atoms with Crippen LogP contribution in [-0.2, 0) is 0 Å². The predicted octanol–water partition coefficient (Wildman–Crippen LogP) is 3.56. The van der Waals surface area contributed by atoms with E-state index in [0.29, 0.717) is 5.92 Å². The number of hydrogen-bond acceptors (Lipinski definition) is 2. The molecule has 0 bridgehead atoms. The minimum Gasteiger partial charge on any atom is -0.398 e. The Morgan fingerprint density at radius 1 is 1.62 bits per heavy atom. The van der Waals surface area contributed by atoms with Gasteiger partial charge < -0.3 is 5.73 Å². The van der Waals surface area contributed by atoms with Gasteiger partial charge in [-0.3, -0.25) is 0 Å². The van der Waals surface area contributed by atoms with Gasteiger partial charge in [-0.1, -0.05) is 32.1 Å². The van der Waals surface area contributed by atoms with Crippen molar-refractivity contribution in [2.75, 3.05) is 5.73 Å². The van der Waals surface area contributed by atoms with Crippen LogP contribution in [0.25, 0.3) is 6.08 Å². The highest BCUT2D eigenvalue weighted by molar-refractivity contribution is 7.11. The molecule has 0 saturated carbocycles. The van der Waals surface area contributed by atoms with Crippen LogP contribution in [0.4, 0.5) is 5.69 Å². The van der Waals surface area contributed by atoms with E-state index in [2.05, 4.69) is 20.4 Å². The second-order valence-corrected chi connectivity index (χ2v) is 4.25. The SMILES string of the molecule is C=C(/C=C\c1sccc1N)C(C)C. The number of anilines is 1. The third-order valence-electron chi connectivity index (χ3n) is 1.92. The summed E-state index contributed by atoms with van der Waals surface area (Å²) in [4.78, 5) is 1.11. The third kappa shape index (κ3) is 2.74. The van der Waals surface area contributed by atoms with Gasteiger partial charge in [0.25, 0.3) is 0 Å². The van der Waals surface area contributed by atoms with Gasteiger partial charge in [0.05, 0.1) is 0 Å². The van der Waals surface area contributed by atoms with Crippen molar-refractivity contribution >= 4 is 23.1 Å². The maximum absolute atomic E-state index is 5.73. The summed E-state index contributed by atoms with van der Waals surface area (Å²) < 4.78 is 0. The van der Waals surface area contributed by atoms with E-state index in [1.807, 2.05) is 23.6 Å². The molecular weight excluding hydrogens is 178 g/mol. The third-order valence-corrected chi connectivity index (χ3v) is 2.82. The van der Waals surface area contributed by atoms with Crippen LogP contribution in [0.2, 0.25) is 0 Å². The van der Waals surface area contributed by atoms with E-state index < -0.39 is 0 Å². The Bertz CT molecular complexity index is 321. The Balaban J connectivity index is 2.69. The van der Waals surface area contributed by atoms with Gasteiger partial charge in [0.15, 0.2) is 0 Å². The van der Waals surface area contributed by atoms with E-state index in [9.17, 15) is 0 Å². The van der Waals surface area contributed by atoms with Crippen molar-refractivity contribution in [1.82, 2.24) is 0 Å². The van der Waals surface area contributed by atoms with Crippen molar-refractivity contribution in [1.29, 1.82) is 0 Å². The molecule has 0 aromatic carbocycles.